The van der Waals surface area contributed by atoms with Crippen molar-refractivity contribution in [3.05, 3.63) is 29.8 Å². The number of nitrogens with zero attached hydrogens (tertiary/aromatic N) is 1. The molecule has 0 amide bonds. The van der Waals surface area contributed by atoms with E-state index in [1.54, 1.807) is 12.1 Å². The maximum atomic E-state index is 13.1. The molecular weight excluding hydrogens is 344 g/mol. The average molecular weight is 374 g/mol. The summed E-state index contributed by atoms with van der Waals surface area (Å²) in [6, 6.07) is 6.60. The topological polar surface area (TPSA) is 80.1 Å². The van der Waals surface area contributed by atoms with Crippen LogP contribution in [0.2, 0.25) is 0 Å². The van der Waals surface area contributed by atoms with Gasteiger partial charge in [-0.3, -0.25) is 15.1 Å². The predicted molar refractivity (Wildman–Crippen MR) is 104 cm³/mol. The summed E-state index contributed by atoms with van der Waals surface area (Å²) in [5, 5.41) is 12.9. The van der Waals surface area contributed by atoms with Crippen LogP contribution in [0.4, 0.5) is 0 Å². The number of phenols is 1. The summed E-state index contributed by atoms with van der Waals surface area (Å²) in [7, 11) is 0. The normalized spacial score (nSPS) is 24.6. The van der Waals surface area contributed by atoms with Crippen LogP contribution in [0.15, 0.2) is 29.3 Å². The van der Waals surface area contributed by atoms with Gasteiger partial charge in [-0.25, -0.2) is 0 Å². The fourth-order valence-corrected chi connectivity index (χ4v) is 3.97. The highest BCUT2D eigenvalue weighted by Gasteiger charge is 2.35. The lowest BCUT2D eigenvalue weighted by Crippen LogP contribution is -2.41. The van der Waals surface area contributed by atoms with Gasteiger partial charge in [-0.15, -0.1) is 0 Å². The number of aliphatic imine (C=N–C) groups is 1. The van der Waals surface area contributed by atoms with Crippen LogP contribution in [0, 0.1) is 11.8 Å². The number of nitrogens with one attached hydrogen (secondary N) is 1. The molecule has 0 spiro atoms. The number of rotatable bonds is 5. The predicted octanol–water partition coefficient (Wildman–Crippen LogP) is 3.56. The molecule has 1 aliphatic heterocycles. The summed E-state index contributed by atoms with van der Waals surface area (Å²) in [6.45, 7) is 3.03. The molecule has 2 aliphatic rings. The van der Waals surface area contributed by atoms with Gasteiger partial charge in [-0.1, -0.05) is 38.3 Å². The van der Waals surface area contributed by atoms with E-state index < -0.39 is 5.92 Å². The van der Waals surface area contributed by atoms with Crippen molar-refractivity contribution in [2.24, 2.45) is 16.8 Å². The molecule has 1 aliphatic carbocycles. The monoisotopic (exact) mass is 374 g/mol. The molecule has 1 aromatic rings. The van der Waals surface area contributed by atoms with Crippen LogP contribution >= 0.6 is 0 Å². The van der Waals surface area contributed by atoms with Crippen molar-refractivity contribution in [1.29, 1.82) is 0 Å². The fourth-order valence-electron chi connectivity index (χ4n) is 3.97. The van der Waals surface area contributed by atoms with Gasteiger partial charge in [0.15, 0.2) is 0 Å². The lowest BCUT2D eigenvalue weighted by molar-refractivity contribution is -0.149. The molecule has 0 aromatic heterocycles. The van der Waals surface area contributed by atoms with Crippen molar-refractivity contribution in [2.45, 2.75) is 51.5 Å². The SMILES string of the molecule is CCC1=NCOCNC(c2ccc(O)cc2)C1C(=O)OCC1CCCCC1. The number of hydrogen-bond donors (Lipinski definition) is 2. The summed E-state index contributed by atoms with van der Waals surface area (Å²) in [6.07, 6.45) is 6.67. The number of benzene rings is 1. The maximum Gasteiger partial charge on any atom is 0.316 e. The van der Waals surface area contributed by atoms with Crippen LogP contribution in [0.5, 0.6) is 5.75 Å². The largest absolute Gasteiger partial charge is 0.508 e. The number of aromatic hydroxyl groups is 1. The molecule has 0 saturated heterocycles. The Hall–Kier alpha value is -1.92. The van der Waals surface area contributed by atoms with Crippen LogP contribution in [-0.2, 0) is 14.3 Å². The molecule has 6 nitrogen and oxygen atoms in total. The van der Waals surface area contributed by atoms with Gasteiger partial charge in [0.05, 0.1) is 19.4 Å². The van der Waals surface area contributed by atoms with Crippen molar-refractivity contribution in [2.75, 3.05) is 20.1 Å². The number of ether oxygens (including phenoxy) is 2. The minimum absolute atomic E-state index is 0.196. The lowest BCUT2D eigenvalue weighted by atomic mass is 9.87. The molecule has 1 heterocycles. The van der Waals surface area contributed by atoms with E-state index in [2.05, 4.69) is 10.3 Å². The van der Waals surface area contributed by atoms with Gasteiger partial charge in [0.1, 0.15) is 18.4 Å². The van der Waals surface area contributed by atoms with Gasteiger partial charge in [-0.2, -0.15) is 0 Å². The number of carbonyl (C=O) groups excluding carboxylic acids is 1. The van der Waals surface area contributed by atoms with Gasteiger partial charge in [-0.05, 0) is 42.9 Å². The van der Waals surface area contributed by atoms with E-state index >= 15 is 0 Å². The van der Waals surface area contributed by atoms with Gasteiger partial charge < -0.3 is 14.6 Å². The first-order valence-electron chi connectivity index (χ1n) is 9.99. The first kappa shape index (κ1) is 19.8. The molecule has 0 bridgehead atoms. The van der Waals surface area contributed by atoms with Crippen molar-refractivity contribution < 1.29 is 19.4 Å². The summed E-state index contributed by atoms with van der Waals surface area (Å²) in [5.41, 5.74) is 1.69. The zero-order valence-electron chi connectivity index (χ0n) is 16.0. The molecule has 2 atom stereocenters. The summed E-state index contributed by atoms with van der Waals surface area (Å²) in [4.78, 5) is 17.6. The standard InChI is InChI=1S/C21H30N2O4/c1-2-18-19(21(25)27-12-15-6-4-3-5-7-15)20(23-14-26-13-22-18)16-8-10-17(24)11-9-16/h8-11,15,19-20,23-24H,2-7,12-14H2,1H3. The number of carbonyl (C=O) groups is 1. The Balaban J connectivity index is 1.79. The molecule has 148 valence electrons. The molecule has 1 fully saturated rings. The van der Waals surface area contributed by atoms with Crippen LogP contribution in [-0.4, -0.2) is 36.9 Å². The molecule has 6 heteroatoms. The Labute approximate surface area is 161 Å². The summed E-state index contributed by atoms with van der Waals surface area (Å²) >= 11 is 0. The van der Waals surface area contributed by atoms with Gasteiger partial charge >= 0.3 is 5.97 Å². The van der Waals surface area contributed by atoms with Crippen molar-refractivity contribution >= 4 is 11.7 Å². The Morgan fingerprint density at radius 2 is 2.00 bits per heavy atom. The van der Waals surface area contributed by atoms with E-state index in [9.17, 15) is 9.90 Å². The smallest absolute Gasteiger partial charge is 0.316 e. The molecule has 1 aromatic carbocycles. The highest BCUT2D eigenvalue weighted by molar-refractivity contribution is 6.03. The lowest BCUT2D eigenvalue weighted by Gasteiger charge is -2.30. The van der Waals surface area contributed by atoms with E-state index in [4.69, 9.17) is 9.47 Å². The van der Waals surface area contributed by atoms with Crippen molar-refractivity contribution in [1.82, 2.24) is 5.32 Å². The first-order chi connectivity index (χ1) is 13.2. The Morgan fingerprint density at radius 3 is 2.70 bits per heavy atom. The van der Waals surface area contributed by atoms with Crippen LogP contribution < -0.4 is 5.32 Å². The number of esters is 1. The maximum absolute atomic E-state index is 13.1. The number of phenolic OH excluding ortho intramolecular Hbond substituents is 1. The van der Waals surface area contributed by atoms with Crippen LogP contribution in [0.3, 0.4) is 0 Å². The Morgan fingerprint density at radius 1 is 1.26 bits per heavy atom. The number of hydrogen-bond acceptors (Lipinski definition) is 6. The summed E-state index contributed by atoms with van der Waals surface area (Å²) in [5.74, 6) is -0.0518. The molecular formula is C21H30N2O4. The van der Waals surface area contributed by atoms with E-state index in [1.807, 2.05) is 19.1 Å². The molecule has 27 heavy (non-hydrogen) atoms. The quantitative estimate of drug-likeness (QED) is 0.771. The van der Waals surface area contributed by atoms with E-state index in [0.29, 0.717) is 25.7 Å². The molecule has 1 saturated carbocycles. The van der Waals surface area contributed by atoms with Crippen molar-refractivity contribution in [3.63, 3.8) is 0 Å². The Bertz CT molecular complexity index is 638. The van der Waals surface area contributed by atoms with E-state index in [-0.39, 0.29) is 24.5 Å². The minimum atomic E-state index is -0.493. The highest BCUT2D eigenvalue weighted by atomic mass is 16.5. The second-order valence-corrected chi connectivity index (χ2v) is 7.37. The third kappa shape index (κ3) is 5.30. The second kappa shape index (κ2) is 9.85. The molecule has 0 radical (unpaired) electrons. The third-order valence-corrected chi connectivity index (χ3v) is 5.51. The fraction of sp³-hybridized carbons (Fsp3) is 0.619. The van der Waals surface area contributed by atoms with E-state index in [1.165, 1.54) is 19.3 Å². The second-order valence-electron chi connectivity index (χ2n) is 7.37. The first-order valence-corrected chi connectivity index (χ1v) is 9.99. The van der Waals surface area contributed by atoms with E-state index in [0.717, 1.165) is 24.1 Å². The van der Waals surface area contributed by atoms with Crippen molar-refractivity contribution in [3.8, 4) is 5.75 Å². The van der Waals surface area contributed by atoms with Crippen LogP contribution in [0.25, 0.3) is 0 Å². The third-order valence-electron chi connectivity index (χ3n) is 5.51. The summed E-state index contributed by atoms with van der Waals surface area (Å²) < 4.78 is 11.2. The minimum Gasteiger partial charge on any atom is -0.508 e. The van der Waals surface area contributed by atoms with Gasteiger partial charge in [0, 0.05) is 5.71 Å². The van der Waals surface area contributed by atoms with Crippen LogP contribution in [0.1, 0.15) is 57.1 Å². The Kier molecular flexibility index (Phi) is 7.24. The zero-order valence-corrected chi connectivity index (χ0v) is 16.0. The zero-order chi connectivity index (χ0) is 19.1. The van der Waals surface area contributed by atoms with Gasteiger partial charge in [0.2, 0.25) is 0 Å². The molecule has 2 N–H and O–H groups in total. The van der Waals surface area contributed by atoms with Gasteiger partial charge in [0.25, 0.3) is 0 Å². The molecule has 3 rings (SSSR count). The molecule has 2 unspecified atom stereocenters. The average Bonchev–Trinajstić information content (AvgIpc) is 2.68. The highest BCUT2D eigenvalue weighted by Crippen LogP contribution is 2.29.